The van der Waals surface area contributed by atoms with Crippen LogP contribution < -0.4 is 20.2 Å². The molecule has 43 heavy (non-hydrogen) atoms. The van der Waals surface area contributed by atoms with Crippen molar-refractivity contribution in [3.8, 4) is 22.8 Å². The number of hydrogen-bond acceptors (Lipinski definition) is 7. The Hall–Kier alpha value is -3.89. The molecule has 218 valence electrons. The van der Waals surface area contributed by atoms with Crippen LogP contribution in [0.2, 0.25) is 10.0 Å². The van der Waals surface area contributed by atoms with E-state index in [4.69, 9.17) is 32.7 Å². The van der Waals surface area contributed by atoms with Gasteiger partial charge in [-0.25, -0.2) is 10.4 Å². The molecule has 1 heterocycles. The third-order valence-corrected chi connectivity index (χ3v) is 8.05. The third-order valence-electron chi connectivity index (χ3n) is 6.08. The molecule has 0 aliphatic heterocycles. The van der Waals surface area contributed by atoms with E-state index in [0.29, 0.717) is 43.8 Å². The molecule has 2 N–H and O–H groups in total. The van der Waals surface area contributed by atoms with Gasteiger partial charge in [0.25, 0.3) is 5.91 Å². The minimum Gasteiger partial charge on any atom is -0.490 e. The first-order valence-corrected chi connectivity index (χ1v) is 15.6. The van der Waals surface area contributed by atoms with Gasteiger partial charge in [0, 0.05) is 37.8 Å². The van der Waals surface area contributed by atoms with E-state index in [1.54, 1.807) is 24.4 Å². The zero-order valence-electron chi connectivity index (χ0n) is 22.8. The van der Waals surface area contributed by atoms with Crippen molar-refractivity contribution in [1.82, 2.24) is 10.4 Å². The van der Waals surface area contributed by atoms with Crippen LogP contribution in [0.3, 0.4) is 0 Å². The van der Waals surface area contributed by atoms with Crippen LogP contribution in [0.4, 0.5) is 10.8 Å². The number of carbonyl (C=O) groups excluding carboxylic acids is 1. The summed E-state index contributed by atoms with van der Waals surface area (Å²) in [6, 6.07) is 25.7. The topological polar surface area (TPSA) is 84.8 Å². The minimum absolute atomic E-state index is 0.282. The number of rotatable bonds is 11. The molecule has 5 rings (SSSR count). The lowest BCUT2D eigenvalue weighted by Crippen LogP contribution is -2.17. The zero-order chi connectivity index (χ0) is 30.2. The lowest BCUT2D eigenvalue weighted by atomic mass is 10.1. The predicted molar refractivity (Wildman–Crippen MR) is 178 cm³/mol. The molecule has 4 aromatic carbocycles. The number of thiazole rings is 1. The summed E-state index contributed by atoms with van der Waals surface area (Å²) in [5, 5.41) is 11.4. The summed E-state index contributed by atoms with van der Waals surface area (Å²) in [7, 11) is 0. The molecule has 0 atom stereocenters. The second-order valence-corrected chi connectivity index (χ2v) is 11.6. The van der Waals surface area contributed by atoms with Gasteiger partial charge in [-0.1, -0.05) is 53.5 Å². The van der Waals surface area contributed by atoms with Crippen molar-refractivity contribution in [3.05, 3.63) is 122 Å². The van der Waals surface area contributed by atoms with Crippen molar-refractivity contribution >= 4 is 73.4 Å². The summed E-state index contributed by atoms with van der Waals surface area (Å²) in [4.78, 5) is 17.4. The number of halogens is 3. The van der Waals surface area contributed by atoms with Crippen LogP contribution in [0, 0.1) is 0 Å². The van der Waals surface area contributed by atoms with E-state index < -0.39 is 0 Å². The van der Waals surface area contributed by atoms with Gasteiger partial charge in [-0.05, 0) is 83.0 Å². The maximum absolute atomic E-state index is 12.7. The molecule has 0 spiro atoms. The number of anilines is 2. The van der Waals surface area contributed by atoms with E-state index >= 15 is 0 Å². The van der Waals surface area contributed by atoms with Gasteiger partial charge in [-0.3, -0.25) is 4.79 Å². The van der Waals surface area contributed by atoms with Gasteiger partial charge >= 0.3 is 0 Å². The molecule has 0 radical (unpaired) electrons. The highest BCUT2D eigenvalue weighted by Gasteiger charge is 2.14. The van der Waals surface area contributed by atoms with E-state index in [-0.39, 0.29) is 12.5 Å². The molecule has 0 unspecified atom stereocenters. The van der Waals surface area contributed by atoms with Crippen molar-refractivity contribution in [1.29, 1.82) is 0 Å². The lowest BCUT2D eigenvalue weighted by Gasteiger charge is -2.15. The second kappa shape index (κ2) is 14.5. The average Bonchev–Trinajstić information content (AvgIpc) is 3.47. The van der Waals surface area contributed by atoms with E-state index in [1.807, 2.05) is 79.0 Å². The summed E-state index contributed by atoms with van der Waals surface area (Å²) >= 11 is 17.3. The fourth-order valence-corrected chi connectivity index (χ4v) is 5.60. The monoisotopic (exact) mass is 694 g/mol. The van der Waals surface area contributed by atoms with Crippen LogP contribution in [0.25, 0.3) is 11.3 Å². The fourth-order valence-electron chi connectivity index (χ4n) is 3.97. The molecule has 11 heteroatoms. The molecular formula is C32H25BrCl2N4O3S. The minimum atomic E-state index is -0.338. The molecule has 5 aromatic rings. The highest BCUT2D eigenvalue weighted by atomic mass is 79.9. The highest BCUT2D eigenvalue weighted by Crippen LogP contribution is 2.37. The van der Waals surface area contributed by atoms with Crippen LogP contribution >= 0.6 is 50.5 Å². The van der Waals surface area contributed by atoms with Gasteiger partial charge in [-0.15, -0.1) is 11.3 Å². The molecule has 0 saturated heterocycles. The second-order valence-electron chi connectivity index (χ2n) is 9.09. The quantitative estimate of drug-likeness (QED) is 0.106. The SMILES string of the molecule is CCOc1cc(C=NNC(=O)c2ccc(-c3csc(Nc4ccc(Cl)cc4)n3)cc2)cc(Br)c1OCc1ccccc1Cl. The van der Waals surface area contributed by atoms with Gasteiger partial charge in [-0.2, -0.15) is 5.10 Å². The Morgan fingerprint density at radius 2 is 1.79 bits per heavy atom. The summed E-state index contributed by atoms with van der Waals surface area (Å²) in [5.74, 6) is 0.756. The van der Waals surface area contributed by atoms with Gasteiger partial charge < -0.3 is 14.8 Å². The Kier molecular flexibility index (Phi) is 10.3. The number of nitrogens with one attached hydrogen (secondary N) is 2. The van der Waals surface area contributed by atoms with E-state index in [2.05, 4.69) is 36.8 Å². The predicted octanol–water partition coefficient (Wildman–Crippen LogP) is 9.36. The van der Waals surface area contributed by atoms with Crippen molar-refractivity contribution in [2.45, 2.75) is 13.5 Å². The third kappa shape index (κ3) is 8.14. The normalized spacial score (nSPS) is 11.0. The molecule has 1 amide bonds. The number of carbonyl (C=O) groups is 1. The van der Waals surface area contributed by atoms with Gasteiger partial charge in [0.2, 0.25) is 0 Å². The maximum atomic E-state index is 12.7. The number of ether oxygens (including phenoxy) is 2. The van der Waals surface area contributed by atoms with Crippen molar-refractivity contribution in [3.63, 3.8) is 0 Å². The van der Waals surface area contributed by atoms with Crippen molar-refractivity contribution in [2.24, 2.45) is 5.10 Å². The van der Waals surface area contributed by atoms with Crippen LogP contribution in [0.1, 0.15) is 28.4 Å². The van der Waals surface area contributed by atoms with Gasteiger partial charge in [0.15, 0.2) is 16.6 Å². The first-order chi connectivity index (χ1) is 20.9. The van der Waals surface area contributed by atoms with Crippen LogP contribution in [-0.2, 0) is 6.61 Å². The van der Waals surface area contributed by atoms with Crippen LogP contribution in [0.15, 0.2) is 99.9 Å². The first-order valence-electron chi connectivity index (χ1n) is 13.1. The van der Waals surface area contributed by atoms with E-state index in [1.165, 1.54) is 11.3 Å². The first kappa shape index (κ1) is 30.6. The zero-order valence-corrected chi connectivity index (χ0v) is 26.7. The van der Waals surface area contributed by atoms with Crippen LogP contribution in [0.5, 0.6) is 11.5 Å². The maximum Gasteiger partial charge on any atom is 0.271 e. The lowest BCUT2D eigenvalue weighted by molar-refractivity contribution is 0.0955. The molecule has 0 saturated carbocycles. The number of nitrogens with zero attached hydrogens (tertiary/aromatic N) is 2. The van der Waals surface area contributed by atoms with E-state index in [9.17, 15) is 4.79 Å². The molecule has 0 aliphatic rings. The number of amides is 1. The Bertz CT molecular complexity index is 1750. The standard InChI is InChI=1S/C32H25BrCl2N4O3S/c1-2-41-29-16-20(15-26(33)30(29)42-18-23-5-3-4-6-27(23)35)17-36-39-31(40)22-9-7-21(8-10-22)28-19-43-32(38-28)37-25-13-11-24(34)12-14-25/h3-17,19H,2,18H2,1H3,(H,37,38)(H,39,40). The molecule has 0 fully saturated rings. The number of benzene rings is 4. The summed E-state index contributed by atoms with van der Waals surface area (Å²) in [6.07, 6.45) is 1.54. The Balaban J connectivity index is 1.20. The van der Waals surface area contributed by atoms with E-state index in [0.717, 1.165) is 27.6 Å². The highest BCUT2D eigenvalue weighted by molar-refractivity contribution is 9.10. The molecular weight excluding hydrogens is 671 g/mol. The van der Waals surface area contributed by atoms with Gasteiger partial charge in [0.05, 0.1) is 23.0 Å². The molecule has 0 bridgehead atoms. The Labute approximate surface area is 271 Å². The van der Waals surface area contributed by atoms with Crippen molar-refractivity contribution < 1.29 is 14.3 Å². The summed E-state index contributed by atoms with van der Waals surface area (Å²) in [6.45, 7) is 2.62. The fraction of sp³-hybridized carbons (Fsp3) is 0.0938. The van der Waals surface area contributed by atoms with Gasteiger partial charge in [0.1, 0.15) is 6.61 Å². The number of aromatic nitrogens is 1. The molecule has 1 aromatic heterocycles. The molecule has 0 aliphatic carbocycles. The number of hydrogen-bond donors (Lipinski definition) is 2. The Morgan fingerprint density at radius 3 is 2.53 bits per heavy atom. The number of hydrazone groups is 1. The summed E-state index contributed by atoms with van der Waals surface area (Å²) < 4.78 is 12.5. The largest absolute Gasteiger partial charge is 0.490 e. The smallest absolute Gasteiger partial charge is 0.271 e. The molecule has 7 nitrogen and oxygen atoms in total. The van der Waals surface area contributed by atoms with Crippen molar-refractivity contribution in [2.75, 3.05) is 11.9 Å². The average molecular weight is 696 g/mol. The Morgan fingerprint density at radius 1 is 1.02 bits per heavy atom. The van der Waals surface area contributed by atoms with Crippen LogP contribution in [-0.4, -0.2) is 23.7 Å². The summed E-state index contributed by atoms with van der Waals surface area (Å²) in [5.41, 5.74) is 7.22.